The fraction of sp³-hybridized carbons (Fsp3) is 0.357. The highest BCUT2D eigenvalue weighted by Gasteiger charge is 2.13. The Morgan fingerprint density at radius 2 is 2.06 bits per heavy atom. The van der Waals surface area contributed by atoms with Gasteiger partial charge in [-0.1, -0.05) is 41.1 Å². The second kappa shape index (κ2) is 7.28. The second-order valence-electron chi connectivity index (χ2n) is 3.87. The minimum atomic E-state index is 0.0767. The van der Waals surface area contributed by atoms with Crippen LogP contribution in [0.15, 0.2) is 36.9 Å². The van der Waals surface area contributed by atoms with Gasteiger partial charge in [-0.15, -0.1) is 6.58 Å². The molecule has 17 heavy (non-hydrogen) atoms. The third kappa shape index (κ3) is 4.00. The molecule has 0 aliphatic carbocycles. The van der Waals surface area contributed by atoms with Crippen LogP contribution < -0.4 is 0 Å². The van der Waals surface area contributed by atoms with Crippen LogP contribution in [0.4, 0.5) is 0 Å². The first-order valence-corrected chi connectivity index (χ1v) is 6.90. The van der Waals surface area contributed by atoms with Crippen LogP contribution in [0.3, 0.4) is 0 Å². The molecule has 3 heteroatoms. The fourth-order valence-corrected chi connectivity index (χ4v) is 1.99. The molecule has 0 spiro atoms. The number of hydrogen-bond donors (Lipinski definition) is 0. The summed E-state index contributed by atoms with van der Waals surface area (Å²) in [6.45, 7) is 7.13. The van der Waals surface area contributed by atoms with E-state index in [-0.39, 0.29) is 5.91 Å². The van der Waals surface area contributed by atoms with Crippen molar-refractivity contribution >= 4 is 21.8 Å². The maximum Gasteiger partial charge on any atom is 0.254 e. The van der Waals surface area contributed by atoms with Crippen LogP contribution in [0, 0.1) is 0 Å². The largest absolute Gasteiger partial charge is 0.335 e. The summed E-state index contributed by atoms with van der Waals surface area (Å²) < 4.78 is 0. The molecule has 2 nitrogen and oxygen atoms in total. The standard InChI is InChI=1S/C14H18BrNO/c1-3-9-16(10-4-2)14(17)13-7-5-12(11-15)6-8-13/h3,5-8H,1,4,9-11H2,2H3. The third-order valence-corrected chi connectivity index (χ3v) is 3.13. The van der Waals surface area contributed by atoms with Gasteiger partial charge in [-0.05, 0) is 24.1 Å². The highest BCUT2D eigenvalue weighted by atomic mass is 79.9. The van der Waals surface area contributed by atoms with Crippen molar-refractivity contribution in [1.82, 2.24) is 4.90 Å². The molecule has 0 saturated heterocycles. The summed E-state index contributed by atoms with van der Waals surface area (Å²) in [5, 5.41) is 0.812. The Hall–Kier alpha value is -1.09. The Labute approximate surface area is 111 Å². The van der Waals surface area contributed by atoms with Gasteiger partial charge in [0, 0.05) is 24.0 Å². The fourth-order valence-electron chi connectivity index (χ4n) is 1.62. The predicted octanol–water partition coefficient (Wildman–Crippen LogP) is 3.62. The van der Waals surface area contributed by atoms with E-state index in [1.54, 1.807) is 6.08 Å². The molecule has 0 heterocycles. The predicted molar refractivity (Wildman–Crippen MR) is 75.5 cm³/mol. The number of alkyl halides is 1. The number of carbonyl (C=O) groups excluding carboxylic acids is 1. The highest BCUT2D eigenvalue weighted by Crippen LogP contribution is 2.10. The van der Waals surface area contributed by atoms with Crippen molar-refractivity contribution in [3.8, 4) is 0 Å². The monoisotopic (exact) mass is 295 g/mol. The van der Waals surface area contributed by atoms with Gasteiger partial charge in [0.25, 0.3) is 5.91 Å². The summed E-state index contributed by atoms with van der Waals surface area (Å²) in [5.41, 5.74) is 1.91. The van der Waals surface area contributed by atoms with E-state index in [4.69, 9.17) is 0 Å². The first-order chi connectivity index (χ1) is 8.22. The Morgan fingerprint density at radius 3 is 2.53 bits per heavy atom. The van der Waals surface area contributed by atoms with Crippen molar-refractivity contribution in [3.63, 3.8) is 0 Å². The van der Waals surface area contributed by atoms with Gasteiger partial charge in [0.2, 0.25) is 0 Å². The van der Waals surface area contributed by atoms with Gasteiger partial charge >= 0.3 is 0 Å². The molecule has 0 aliphatic rings. The molecule has 0 unspecified atom stereocenters. The van der Waals surface area contributed by atoms with Gasteiger partial charge in [0.15, 0.2) is 0 Å². The normalized spacial score (nSPS) is 10.0. The van der Waals surface area contributed by atoms with Crippen LogP contribution in [0.5, 0.6) is 0 Å². The zero-order valence-corrected chi connectivity index (χ0v) is 11.7. The van der Waals surface area contributed by atoms with Crippen LogP contribution >= 0.6 is 15.9 Å². The summed E-state index contributed by atoms with van der Waals surface area (Å²) in [4.78, 5) is 14.0. The highest BCUT2D eigenvalue weighted by molar-refractivity contribution is 9.08. The quantitative estimate of drug-likeness (QED) is 0.580. The van der Waals surface area contributed by atoms with E-state index < -0.39 is 0 Å². The Bertz CT molecular complexity index is 372. The third-order valence-electron chi connectivity index (χ3n) is 2.49. The number of carbonyl (C=O) groups is 1. The number of amides is 1. The molecule has 1 aromatic rings. The van der Waals surface area contributed by atoms with Crippen LogP contribution in [-0.2, 0) is 5.33 Å². The second-order valence-corrected chi connectivity index (χ2v) is 4.43. The van der Waals surface area contributed by atoms with Crippen LogP contribution in [0.2, 0.25) is 0 Å². The van der Waals surface area contributed by atoms with Crippen molar-refractivity contribution in [1.29, 1.82) is 0 Å². The van der Waals surface area contributed by atoms with E-state index >= 15 is 0 Å². The maximum atomic E-state index is 12.2. The molecule has 92 valence electrons. The van der Waals surface area contributed by atoms with E-state index in [1.807, 2.05) is 29.2 Å². The van der Waals surface area contributed by atoms with E-state index in [0.29, 0.717) is 6.54 Å². The number of hydrogen-bond acceptors (Lipinski definition) is 1. The first-order valence-electron chi connectivity index (χ1n) is 5.78. The molecular weight excluding hydrogens is 278 g/mol. The summed E-state index contributed by atoms with van der Waals surface area (Å²) in [6.07, 6.45) is 2.72. The number of benzene rings is 1. The van der Waals surface area contributed by atoms with E-state index in [2.05, 4.69) is 29.4 Å². The molecule has 1 rings (SSSR count). The minimum Gasteiger partial charge on any atom is -0.335 e. The molecule has 0 atom stereocenters. The van der Waals surface area contributed by atoms with Crippen LogP contribution in [-0.4, -0.2) is 23.9 Å². The van der Waals surface area contributed by atoms with Gasteiger partial charge < -0.3 is 4.90 Å². The first kappa shape index (κ1) is 14.0. The zero-order chi connectivity index (χ0) is 12.7. The topological polar surface area (TPSA) is 20.3 Å². The molecule has 0 N–H and O–H groups in total. The lowest BCUT2D eigenvalue weighted by Gasteiger charge is -2.20. The Balaban J connectivity index is 2.80. The van der Waals surface area contributed by atoms with E-state index in [9.17, 15) is 4.79 Å². The summed E-state index contributed by atoms with van der Waals surface area (Å²) in [7, 11) is 0. The van der Waals surface area contributed by atoms with Crippen molar-refractivity contribution in [2.45, 2.75) is 18.7 Å². The molecule has 1 amide bonds. The maximum absolute atomic E-state index is 12.2. The van der Waals surface area contributed by atoms with Crippen molar-refractivity contribution in [3.05, 3.63) is 48.0 Å². The van der Waals surface area contributed by atoms with Crippen molar-refractivity contribution < 1.29 is 4.79 Å². The molecular formula is C14H18BrNO. The number of rotatable bonds is 6. The van der Waals surface area contributed by atoms with Crippen molar-refractivity contribution in [2.75, 3.05) is 13.1 Å². The van der Waals surface area contributed by atoms with Crippen LogP contribution in [0.25, 0.3) is 0 Å². The molecule has 1 aromatic carbocycles. The van der Waals surface area contributed by atoms with Gasteiger partial charge in [-0.2, -0.15) is 0 Å². The molecule has 0 bridgehead atoms. The van der Waals surface area contributed by atoms with Crippen molar-refractivity contribution in [2.24, 2.45) is 0 Å². The zero-order valence-electron chi connectivity index (χ0n) is 10.2. The average Bonchev–Trinajstić information content (AvgIpc) is 2.38. The van der Waals surface area contributed by atoms with E-state index in [1.165, 1.54) is 5.56 Å². The number of halogens is 1. The molecule has 0 aromatic heterocycles. The Morgan fingerprint density at radius 1 is 1.41 bits per heavy atom. The lowest BCUT2D eigenvalue weighted by atomic mass is 10.1. The molecule has 0 aliphatic heterocycles. The van der Waals surface area contributed by atoms with Gasteiger partial charge in [-0.3, -0.25) is 4.79 Å². The summed E-state index contributed by atoms with van der Waals surface area (Å²) in [6, 6.07) is 7.70. The van der Waals surface area contributed by atoms with Gasteiger partial charge in [-0.25, -0.2) is 0 Å². The summed E-state index contributed by atoms with van der Waals surface area (Å²) >= 11 is 3.39. The molecule has 0 radical (unpaired) electrons. The molecule has 0 saturated carbocycles. The minimum absolute atomic E-state index is 0.0767. The van der Waals surface area contributed by atoms with Gasteiger partial charge in [0.1, 0.15) is 0 Å². The van der Waals surface area contributed by atoms with Gasteiger partial charge in [0.05, 0.1) is 0 Å². The average molecular weight is 296 g/mol. The van der Waals surface area contributed by atoms with Crippen LogP contribution in [0.1, 0.15) is 29.3 Å². The number of nitrogens with zero attached hydrogens (tertiary/aromatic N) is 1. The summed E-state index contributed by atoms with van der Waals surface area (Å²) in [5.74, 6) is 0.0767. The van der Waals surface area contributed by atoms with E-state index in [0.717, 1.165) is 23.9 Å². The smallest absolute Gasteiger partial charge is 0.254 e. The lowest BCUT2D eigenvalue weighted by molar-refractivity contribution is 0.0774. The SMILES string of the molecule is C=CCN(CCC)C(=O)c1ccc(CBr)cc1. The molecule has 0 fully saturated rings. The lowest BCUT2D eigenvalue weighted by Crippen LogP contribution is -2.31. The Kier molecular flexibility index (Phi) is 5.98.